The highest BCUT2D eigenvalue weighted by atomic mass is 16.1. The Kier molecular flexibility index (Phi) is 3.58. The van der Waals surface area contributed by atoms with Crippen molar-refractivity contribution in [3.8, 4) is 0 Å². The molecule has 136 valence electrons. The molecule has 0 N–H and O–H groups in total. The number of aromatic nitrogens is 1. The van der Waals surface area contributed by atoms with Crippen LogP contribution in [-0.4, -0.2) is 10.8 Å². The summed E-state index contributed by atoms with van der Waals surface area (Å²) in [5.74, 6) is 2.68. The van der Waals surface area contributed by atoms with Crippen LogP contribution < -0.4 is 0 Å². The third-order valence-corrected chi connectivity index (χ3v) is 8.52. The van der Waals surface area contributed by atoms with Crippen LogP contribution in [-0.2, 0) is 4.79 Å². The summed E-state index contributed by atoms with van der Waals surface area (Å²) in [4.78, 5) is 16.3. The van der Waals surface area contributed by atoms with Crippen molar-refractivity contribution in [1.29, 1.82) is 0 Å². The second-order valence-corrected chi connectivity index (χ2v) is 9.52. The molecule has 4 aliphatic rings. The Morgan fingerprint density at radius 1 is 1.08 bits per heavy atom. The molecule has 1 heterocycles. The highest BCUT2D eigenvalue weighted by Gasteiger charge is 2.57. The van der Waals surface area contributed by atoms with Crippen LogP contribution in [0.25, 0.3) is 5.57 Å². The maximum atomic E-state index is 12.0. The van der Waals surface area contributed by atoms with Crippen LogP contribution in [0, 0.1) is 28.6 Å². The zero-order valence-corrected chi connectivity index (χ0v) is 16.0. The minimum Gasteiger partial charge on any atom is -0.295 e. The molecule has 0 spiro atoms. The fraction of sp³-hybridized carbons (Fsp3) is 0.583. The van der Waals surface area contributed by atoms with E-state index < -0.39 is 0 Å². The summed E-state index contributed by atoms with van der Waals surface area (Å²) in [6, 6.07) is 4.30. The fourth-order valence-electron chi connectivity index (χ4n) is 7.10. The van der Waals surface area contributed by atoms with Crippen molar-refractivity contribution in [3.63, 3.8) is 0 Å². The number of fused-ring (bicyclic) bond motifs is 5. The molecule has 2 heteroatoms. The molecular weight excluding hydrogens is 318 g/mol. The molecule has 0 bridgehead atoms. The van der Waals surface area contributed by atoms with Crippen LogP contribution in [0.2, 0.25) is 0 Å². The Morgan fingerprint density at radius 3 is 2.77 bits per heavy atom. The SMILES string of the molecule is C[C@@]12CC[C@@H]3[C@H](CCC4=CC(=O)CC[C@]43C)[C@H]1CC=C2c1cccnc1. The van der Waals surface area contributed by atoms with E-state index >= 15 is 0 Å². The molecule has 1 aromatic rings. The monoisotopic (exact) mass is 347 g/mol. The molecule has 0 amide bonds. The molecule has 26 heavy (non-hydrogen) atoms. The summed E-state index contributed by atoms with van der Waals surface area (Å²) in [5, 5.41) is 0. The minimum atomic E-state index is 0.273. The van der Waals surface area contributed by atoms with Crippen LogP contribution in [0.4, 0.5) is 0 Å². The standard InChI is InChI=1S/C24H29NO/c1-23-11-9-18(26)14-17(23)5-6-19-21-8-7-20(16-4-3-13-25-15-16)24(21,2)12-10-22(19)23/h3-4,7,13-15,19,21-22H,5-6,8-12H2,1-2H3/t19-,21-,22-,23-,24+/m1/s1. The molecule has 2 nitrogen and oxygen atoms in total. The molecule has 0 unspecified atom stereocenters. The van der Waals surface area contributed by atoms with Crippen molar-refractivity contribution in [2.24, 2.45) is 28.6 Å². The average Bonchev–Trinajstić information content (AvgIpc) is 3.00. The Balaban J connectivity index is 1.48. The van der Waals surface area contributed by atoms with Gasteiger partial charge >= 0.3 is 0 Å². The predicted molar refractivity (Wildman–Crippen MR) is 104 cm³/mol. The quantitative estimate of drug-likeness (QED) is 0.661. The maximum absolute atomic E-state index is 12.0. The molecule has 0 radical (unpaired) electrons. The fourth-order valence-corrected chi connectivity index (χ4v) is 7.10. The highest BCUT2D eigenvalue weighted by Crippen LogP contribution is 2.66. The first-order valence-corrected chi connectivity index (χ1v) is 10.4. The first kappa shape index (κ1) is 16.5. The van der Waals surface area contributed by atoms with Crippen molar-refractivity contribution < 1.29 is 4.79 Å². The third-order valence-electron chi connectivity index (χ3n) is 8.52. The lowest BCUT2D eigenvalue weighted by Gasteiger charge is -2.57. The topological polar surface area (TPSA) is 30.0 Å². The van der Waals surface area contributed by atoms with E-state index in [-0.39, 0.29) is 5.41 Å². The number of rotatable bonds is 1. The van der Waals surface area contributed by atoms with Gasteiger partial charge in [-0.15, -0.1) is 0 Å². The average molecular weight is 348 g/mol. The molecule has 2 saturated carbocycles. The first-order chi connectivity index (χ1) is 12.5. The number of hydrogen-bond acceptors (Lipinski definition) is 2. The lowest BCUT2D eigenvalue weighted by molar-refractivity contribution is -0.117. The van der Waals surface area contributed by atoms with Crippen LogP contribution in [0.1, 0.15) is 64.4 Å². The molecule has 5 rings (SSSR count). The Morgan fingerprint density at radius 2 is 1.96 bits per heavy atom. The number of carbonyl (C=O) groups excluding carboxylic acids is 1. The van der Waals surface area contributed by atoms with E-state index in [1.54, 1.807) is 5.57 Å². The molecule has 1 aromatic heterocycles. The summed E-state index contributed by atoms with van der Waals surface area (Å²) < 4.78 is 0. The molecule has 4 aliphatic carbocycles. The largest absolute Gasteiger partial charge is 0.295 e. The van der Waals surface area contributed by atoms with Crippen LogP contribution in [0.5, 0.6) is 0 Å². The normalized spacial score (nSPS) is 41.6. The van der Waals surface area contributed by atoms with Gasteiger partial charge in [0, 0.05) is 18.8 Å². The van der Waals surface area contributed by atoms with Crippen molar-refractivity contribution >= 4 is 11.4 Å². The summed E-state index contributed by atoms with van der Waals surface area (Å²) in [7, 11) is 0. The van der Waals surface area contributed by atoms with E-state index in [1.165, 1.54) is 36.8 Å². The van der Waals surface area contributed by atoms with Gasteiger partial charge in [0.2, 0.25) is 0 Å². The van der Waals surface area contributed by atoms with Gasteiger partial charge < -0.3 is 0 Å². The van der Waals surface area contributed by atoms with Gasteiger partial charge in [-0.25, -0.2) is 0 Å². The van der Waals surface area contributed by atoms with Gasteiger partial charge in [-0.05, 0) is 90.4 Å². The number of carbonyl (C=O) groups is 1. The third kappa shape index (κ3) is 2.17. The van der Waals surface area contributed by atoms with Gasteiger partial charge in [0.25, 0.3) is 0 Å². The smallest absolute Gasteiger partial charge is 0.155 e. The molecule has 0 aliphatic heterocycles. The number of hydrogen-bond donors (Lipinski definition) is 0. The van der Waals surface area contributed by atoms with E-state index in [9.17, 15) is 4.79 Å². The predicted octanol–water partition coefficient (Wildman–Crippen LogP) is 5.61. The second kappa shape index (κ2) is 5.65. The van der Waals surface area contributed by atoms with Crippen LogP contribution in [0.15, 0.2) is 42.3 Å². The Labute approximate surface area is 156 Å². The van der Waals surface area contributed by atoms with E-state index in [2.05, 4.69) is 37.0 Å². The summed E-state index contributed by atoms with van der Waals surface area (Å²) in [5.41, 5.74) is 4.90. The van der Waals surface area contributed by atoms with Gasteiger partial charge in [-0.1, -0.05) is 31.6 Å². The maximum Gasteiger partial charge on any atom is 0.155 e. The summed E-state index contributed by atoms with van der Waals surface area (Å²) in [6.45, 7) is 4.98. The van der Waals surface area contributed by atoms with Gasteiger partial charge in [-0.3, -0.25) is 9.78 Å². The number of pyridine rings is 1. The molecule has 2 fully saturated rings. The molecule has 0 saturated heterocycles. The summed E-state index contributed by atoms with van der Waals surface area (Å²) >= 11 is 0. The second-order valence-electron chi connectivity index (χ2n) is 9.52. The zero-order chi connectivity index (χ0) is 17.9. The highest BCUT2D eigenvalue weighted by molar-refractivity contribution is 5.91. The van der Waals surface area contributed by atoms with Crippen molar-refractivity contribution in [2.45, 2.75) is 58.8 Å². The minimum absolute atomic E-state index is 0.273. The Hall–Kier alpha value is -1.70. The van der Waals surface area contributed by atoms with Crippen molar-refractivity contribution in [1.82, 2.24) is 4.98 Å². The van der Waals surface area contributed by atoms with E-state index in [0.29, 0.717) is 11.2 Å². The first-order valence-electron chi connectivity index (χ1n) is 10.4. The summed E-state index contributed by atoms with van der Waals surface area (Å²) in [6.07, 6.45) is 16.5. The van der Waals surface area contributed by atoms with Gasteiger partial charge in [-0.2, -0.15) is 0 Å². The number of allylic oxidation sites excluding steroid dienone is 4. The zero-order valence-electron chi connectivity index (χ0n) is 16.0. The van der Waals surface area contributed by atoms with Crippen LogP contribution in [0.3, 0.4) is 0 Å². The molecule has 0 aromatic carbocycles. The Bertz CT molecular complexity index is 807. The van der Waals surface area contributed by atoms with Gasteiger partial charge in [0.1, 0.15) is 0 Å². The van der Waals surface area contributed by atoms with E-state index in [4.69, 9.17) is 0 Å². The molecular formula is C24H29NO. The van der Waals surface area contributed by atoms with Crippen molar-refractivity contribution in [3.05, 3.63) is 47.8 Å². The number of ketones is 1. The van der Waals surface area contributed by atoms with Crippen LogP contribution >= 0.6 is 0 Å². The van der Waals surface area contributed by atoms with E-state index in [0.717, 1.165) is 37.0 Å². The van der Waals surface area contributed by atoms with Crippen molar-refractivity contribution in [2.75, 3.05) is 0 Å². The van der Waals surface area contributed by atoms with E-state index in [1.807, 2.05) is 18.5 Å². The molecule has 5 atom stereocenters. The van der Waals surface area contributed by atoms with Gasteiger partial charge in [0.15, 0.2) is 5.78 Å². The lowest BCUT2D eigenvalue weighted by Crippen LogP contribution is -2.49. The van der Waals surface area contributed by atoms with Gasteiger partial charge in [0.05, 0.1) is 0 Å². The number of nitrogens with zero attached hydrogens (tertiary/aromatic N) is 1. The lowest BCUT2D eigenvalue weighted by atomic mass is 9.46.